The number of esters is 1. The Kier molecular flexibility index (Phi) is 4.62. The largest absolute Gasteiger partial charge is 0.468 e. The highest BCUT2D eigenvalue weighted by molar-refractivity contribution is 5.95. The number of nitrogens with zero attached hydrogens (tertiary/aromatic N) is 2. The van der Waals surface area contributed by atoms with Crippen molar-refractivity contribution < 1.29 is 19.2 Å². The second-order valence-electron chi connectivity index (χ2n) is 4.10. The minimum atomic E-state index is -0.592. The van der Waals surface area contributed by atoms with Crippen molar-refractivity contribution in [3.05, 3.63) is 28.1 Å². The van der Waals surface area contributed by atoms with Crippen LogP contribution >= 0.6 is 0 Å². The van der Waals surface area contributed by atoms with Crippen molar-refractivity contribution in [1.82, 2.24) is 9.88 Å². The molecule has 19 heavy (non-hydrogen) atoms. The lowest BCUT2D eigenvalue weighted by molar-refractivity contribution is -0.384. The van der Waals surface area contributed by atoms with Crippen molar-refractivity contribution >= 4 is 17.6 Å². The van der Waals surface area contributed by atoms with Crippen LogP contribution in [0.1, 0.15) is 30.4 Å². The normalized spacial score (nSPS) is 10.3. The van der Waals surface area contributed by atoms with E-state index >= 15 is 0 Å². The molecule has 0 aliphatic heterocycles. The molecule has 1 aromatic rings. The number of nitrogens with one attached hydrogen (secondary N) is 1. The molecule has 0 atom stereocenters. The number of ether oxygens (including phenoxy) is 1. The Hall–Kier alpha value is -2.38. The predicted molar refractivity (Wildman–Crippen MR) is 65.8 cm³/mol. The molecule has 8 nitrogen and oxygen atoms in total. The van der Waals surface area contributed by atoms with E-state index in [9.17, 15) is 19.7 Å². The van der Waals surface area contributed by atoms with E-state index in [1.54, 1.807) is 13.8 Å². The number of hydrogen-bond donors (Lipinski definition) is 1. The maximum Gasteiger partial charge on any atom is 0.325 e. The minimum absolute atomic E-state index is 0.118. The molecular formula is C11H15N3O5. The third-order valence-corrected chi connectivity index (χ3v) is 2.45. The van der Waals surface area contributed by atoms with Gasteiger partial charge in [-0.05, 0) is 13.8 Å². The van der Waals surface area contributed by atoms with Crippen LogP contribution in [0.5, 0.6) is 0 Å². The lowest BCUT2D eigenvalue weighted by Gasteiger charge is -2.11. The van der Waals surface area contributed by atoms with E-state index in [2.05, 4.69) is 10.1 Å². The van der Waals surface area contributed by atoms with E-state index < -0.39 is 16.8 Å². The van der Waals surface area contributed by atoms with Crippen LogP contribution in [0.4, 0.5) is 5.69 Å². The summed E-state index contributed by atoms with van der Waals surface area (Å²) in [5.41, 5.74) is -0.0393. The molecule has 0 saturated heterocycles. The van der Waals surface area contributed by atoms with Crippen molar-refractivity contribution in [3.63, 3.8) is 0 Å². The highest BCUT2D eigenvalue weighted by atomic mass is 16.6. The van der Waals surface area contributed by atoms with Gasteiger partial charge in [-0.15, -0.1) is 0 Å². The highest BCUT2D eigenvalue weighted by Gasteiger charge is 2.21. The molecule has 1 amide bonds. The molecule has 0 fully saturated rings. The molecular weight excluding hydrogens is 254 g/mol. The van der Waals surface area contributed by atoms with Crippen molar-refractivity contribution in [3.8, 4) is 0 Å². The first-order valence-corrected chi connectivity index (χ1v) is 5.58. The topological polar surface area (TPSA) is 103 Å². The summed E-state index contributed by atoms with van der Waals surface area (Å²) in [6.45, 7) is 3.30. The third kappa shape index (κ3) is 3.54. The number of amides is 1. The van der Waals surface area contributed by atoms with Gasteiger partial charge >= 0.3 is 5.97 Å². The quantitative estimate of drug-likeness (QED) is 0.485. The number of nitro groups is 1. The molecule has 0 unspecified atom stereocenters. The van der Waals surface area contributed by atoms with Crippen LogP contribution in [0.2, 0.25) is 0 Å². The standard InChI is InChI=1S/C11H15N3O5/c1-7(2)13-6-8(14(17)18)4-9(13)11(16)12-5-10(15)19-3/h4,6-7H,5H2,1-3H3,(H,12,16). The van der Waals surface area contributed by atoms with Crippen LogP contribution in [0.3, 0.4) is 0 Å². The average molecular weight is 269 g/mol. The minimum Gasteiger partial charge on any atom is -0.468 e. The van der Waals surface area contributed by atoms with E-state index in [0.717, 1.165) is 0 Å². The number of aromatic nitrogens is 1. The van der Waals surface area contributed by atoms with Crippen molar-refractivity contribution in [2.45, 2.75) is 19.9 Å². The van der Waals surface area contributed by atoms with Crippen LogP contribution in [-0.2, 0) is 9.53 Å². The molecule has 1 N–H and O–H groups in total. The summed E-state index contributed by atoms with van der Waals surface area (Å²) in [6.07, 6.45) is 1.29. The fourth-order valence-electron chi connectivity index (χ4n) is 1.49. The van der Waals surface area contributed by atoms with Gasteiger partial charge in [-0.3, -0.25) is 19.7 Å². The summed E-state index contributed by atoms with van der Waals surface area (Å²) in [4.78, 5) is 32.9. The van der Waals surface area contributed by atoms with Crippen molar-refractivity contribution in [1.29, 1.82) is 0 Å². The Morgan fingerprint density at radius 3 is 2.63 bits per heavy atom. The Morgan fingerprint density at radius 1 is 1.53 bits per heavy atom. The molecule has 0 saturated carbocycles. The molecule has 1 aromatic heterocycles. The van der Waals surface area contributed by atoms with E-state index in [1.807, 2.05) is 0 Å². The number of carbonyl (C=O) groups is 2. The maximum atomic E-state index is 11.9. The van der Waals surface area contributed by atoms with E-state index in [0.29, 0.717) is 0 Å². The van der Waals surface area contributed by atoms with Gasteiger partial charge < -0.3 is 14.6 Å². The first-order chi connectivity index (χ1) is 8.86. The lowest BCUT2D eigenvalue weighted by Crippen LogP contribution is -2.31. The first-order valence-electron chi connectivity index (χ1n) is 5.58. The van der Waals surface area contributed by atoms with Crippen molar-refractivity contribution in [2.24, 2.45) is 0 Å². The van der Waals surface area contributed by atoms with Crippen LogP contribution < -0.4 is 5.32 Å². The number of methoxy groups -OCH3 is 1. The molecule has 8 heteroatoms. The number of carbonyl (C=O) groups excluding carboxylic acids is 2. The zero-order chi connectivity index (χ0) is 14.6. The van der Waals surface area contributed by atoms with Gasteiger partial charge in [0.25, 0.3) is 11.6 Å². The molecule has 0 spiro atoms. The van der Waals surface area contributed by atoms with Crippen LogP contribution in [0.25, 0.3) is 0 Å². The van der Waals surface area contributed by atoms with E-state index in [4.69, 9.17) is 0 Å². The van der Waals surface area contributed by atoms with Gasteiger partial charge in [0.2, 0.25) is 0 Å². The van der Waals surface area contributed by atoms with E-state index in [1.165, 1.54) is 23.9 Å². The smallest absolute Gasteiger partial charge is 0.325 e. The molecule has 0 aromatic carbocycles. The number of hydrogen-bond acceptors (Lipinski definition) is 5. The SMILES string of the molecule is COC(=O)CNC(=O)c1cc([N+](=O)[O-])cn1C(C)C. The van der Waals surface area contributed by atoms with Crippen LogP contribution in [0.15, 0.2) is 12.3 Å². The molecule has 0 radical (unpaired) electrons. The summed E-state index contributed by atoms with van der Waals surface area (Å²) < 4.78 is 5.87. The molecule has 104 valence electrons. The summed E-state index contributed by atoms with van der Waals surface area (Å²) in [5, 5.41) is 13.1. The van der Waals surface area contributed by atoms with E-state index in [-0.39, 0.29) is 24.0 Å². The van der Waals surface area contributed by atoms with Gasteiger partial charge in [0, 0.05) is 12.1 Å². The van der Waals surface area contributed by atoms with Gasteiger partial charge in [0.1, 0.15) is 12.2 Å². The monoisotopic (exact) mass is 269 g/mol. The first kappa shape index (κ1) is 14.7. The zero-order valence-corrected chi connectivity index (χ0v) is 10.9. The zero-order valence-electron chi connectivity index (χ0n) is 10.9. The lowest BCUT2D eigenvalue weighted by atomic mass is 10.3. The van der Waals surface area contributed by atoms with Gasteiger partial charge in [0.15, 0.2) is 0 Å². The second-order valence-corrected chi connectivity index (χ2v) is 4.10. The third-order valence-electron chi connectivity index (χ3n) is 2.45. The van der Waals surface area contributed by atoms with Gasteiger partial charge in [-0.2, -0.15) is 0 Å². The molecule has 1 rings (SSSR count). The Bertz CT molecular complexity index is 506. The Morgan fingerprint density at radius 2 is 2.16 bits per heavy atom. The Balaban J connectivity index is 2.94. The Labute approximate surface area is 109 Å². The molecule has 0 bridgehead atoms. The predicted octanol–water partition coefficient (Wildman–Crippen LogP) is 0.880. The van der Waals surface area contributed by atoms with Gasteiger partial charge in [-0.25, -0.2) is 0 Å². The summed E-state index contributed by atoms with van der Waals surface area (Å²) in [5.74, 6) is -1.15. The van der Waals surface area contributed by atoms with Crippen molar-refractivity contribution in [2.75, 3.05) is 13.7 Å². The number of rotatable bonds is 5. The molecule has 1 heterocycles. The summed E-state index contributed by atoms with van der Waals surface area (Å²) >= 11 is 0. The highest BCUT2D eigenvalue weighted by Crippen LogP contribution is 2.20. The van der Waals surface area contributed by atoms with Gasteiger partial charge in [-0.1, -0.05) is 0 Å². The molecule has 0 aliphatic carbocycles. The second kappa shape index (κ2) is 5.98. The van der Waals surface area contributed by atoms with Gasteiger partial charge in [0.05, 0.1) is 18.2 Å². The fourth-order valence-corrected chi connectivity index (χ4v) is 1.49. The summed E-state index contributed by atoms with van der Waals surface area (Å²) in [7, 11) is 1.20. The fraction of sp³-hybridized carbons (Fsp3) is 0.455. The summed E-state index contributed by atoms with van der Waals surface area (Å²) in [6, 6.07) is 1.06. The van der Waals surface area contributed by atoms with Crippen LogP contribution in [-0.4, -0.2) is 35.0 Å². The average Bonchev–Trinajstić information content (AvgIpc) is 2.80. The van der Waals surface area contributed by atoms with Crippen LogP contribution in [0, 0.1) is 10.1 Å². The maximum absolute atomic E-state index is 11.9. The molecule has 0 aliphatic rings.